The smallest absolute Gasteiger partial charge is 0.110 e. The third-order valence-electron chi connectivity index (χ3n) is 2.00. The van der Waals surface area contributed by atoms with E-state index < -0.39 is 0 Å². The highest BCUT2D eigenvalue weighted by Crippen LogP contribution is 2.10. The minimum absolute atomic E-state index is 0.00995. The van der Waals surface area contributed by atoms with Crippen LogP contribution in [0, 0.1) is 6.92 Å². The minimum atomic E-state index is 0.00995. The second kappa shape index (κ2) is 3.69. The predicted octanol–water partition coefficient (Wildman–Crippen LogP) is 0.162. The normalized spacial score (nSPS) is 10.7. The lowest BCUT2D eigenvalue weighted by Gasteiger charge is -2.05. The average molecular weight is 169 g/mol. The molecule has 0 aliphatic heterocycles. The predicted molar refractivity (Wildman–Crippen MR) is 46.5 cm³/mol. The molecule has 0 amide bonds. The van der Waals surface area contributed by atoms with E-state index >= 15 is 0 Å². The fourth-order valence-electron chi connectivity index (χ4n) is 1.35. The van der Waals surface area contributed by atoms with Crippen LogP contribution in [-0.2, 0) is 19.7 Å². The molecule has 0 saturated heterocycles. The lowest BCUT2D eigenvalue weighted by molar-refractivity contribution is 0.269. The molecule has 68 valence electrons. The minimum Gasteiger partial charge on any atom is -0.390 e. The van der Waals surface area contributed by atoms with Crippen LogP contribution < -0.4 is 5.73 Å². The number of hydrogen-bond donors (Lipinski definition) is 2. The Labute approximate surface area is 72.0 Å². The van der Waals surface area contributed by atoms with Crippen molar-refractivity contribution >= 4 is 0 Å². The van der Waals surface area contributed by atoms with Gasteiger partial charge < -0.3 is 15.4 Å². The Morgan fingerprint density at radius 3 is 2.67 bits per heavy atom. The summed E-state index contributed by atoms with van der Waals surface area (Å²) in [4.78, 5) is 4.29. The van der Waals surface area contributed by atoms with Gasteiger partial charge in [0, 0.05) is 6.42 Å². The maximum absolute atomic E-state index is 9.02. The van der Waals surface area contributed by atoms with Crippen LogP contribution >= 0.6 is 0 Å². The summed E-state index contributed by atoms with van der Waals surface area (Å²) >= 11 is 0. The van der Waals surface area contributed by atoms with Crippen molar-refractivity contribution in [1.82, 2.24) is 9.55 Å². The van der Waals surface area contributed by atoms with E-state index in [9.17, 15) is 0 Å². The zero-order valence-electron chi connectivity index (χ0n) is 7.54. The highest BCUT2D eigenvalue weighted by Gasteiger charge is 2.09. The molecule has 0 radical (unpaired) electrons. The Morgan fingerprint density at radius 2 is 2.25 bits per heavy atom. The SMILES string of the molecule is CCc1nc(C)c(CO)n1CN. The molecule has 0 bridgehead atoms. The molecule has 0 atom stereocenters. The van der Waals surface area contributed by atoms with Gasteiger partial charge in [0.1, 0.15) is 5.82 Å². The average Bonchev–Trinajstić information content (AvgIpc) is 2.40. The summed E-state index contributed by atoms with van der Waals surface area (Å²) in [7, 11) is 0. The number of rotatable bonds is 3. The van der Waals surface area contributed by atoms with Crippen LogP contribution in [0.2, 0.25) is 0 Å². The van der Waals surface area contributed by atoms with Gasteiger partial charge >= 0.3 is 0 Å². The third-order valence-corrected chi connectivity index (χ3v) is 2.00. The van der Waals surface area contributed by atoms with E-state index in [0.717, 1.165) is 23.6 Å². The lowest BCUT2D eigenvalue weighted by Crippen LogP contribution is -2.13. The molecule has 0 aliphatic rings. The lowest BCUT2D eigenvalue weighted by atomic mass is 10.3. The number of aliphatic hydroxyl groups is 1. The molecule has 1 heterocycles. The maximum atomic E-state index is 9.02. The molecule has 0 aliphatic carbocycles. The zero-order chi connectivity index (χ0) is 9.14. The van der Waals surface area contributed by atoms with Crippen molar-refractivity contribution < 1.29 is 5.11 Å². The molecule has 4 nitrogen and oxygen atoms in total. The Kier molecular flexibility index (Phi) is 2.83. The van der Waals surface area contributed by atoms with Crippen LogP contribution in [0.3, 0.4) is 0 Å². The number of aliphatic hydroxyl groups excluding tert-OH is 1. The Balaban J connectivity index is 3.16. The van der Waals surface area contributed by atoms with Crippen molar-refractivity contribution in [2.45, 2.75) is 33.5 Å². The number of nitrogens with two attached hydrogens (primary N) is 1. The number of nitrogens with zero attached hydrogens (tertiary/aromatic N) is 2. The van der Waals surface area contributed by atoms with Crippen molar-refractivity contribution in [3.05, 3.63) is 17.2 Å². The molecular weight excluding hydrogens is 154 g/mol. The van der Waals surface area contributed by atoms with Crippen molar-refractivity contribution in [2.75, 3.05) is 0 Å². The first-order valence-electron chi connectivity index (χ1n) is 4.10. The summed E-state index contributed by atoms with van der Waals surface area (Å²) in [6, 6.07) is 0. The van der Waals surface area contributed by atoms with Gasteiger partial charge in [-0.15, -0.1) is 0 Å². The van der Waals surface area contributed by atoms with E-state index in [1.807, 2.05) is 18.4 Å². The molecule has 1 aromatic heterocycles. The van der Waals surface area contributed by atoms with Crippen LogP contribution in [0.5, 0.6) is 0 Å². The van der Waals surface area contributed by atoms with Gasteiger partial charge in [0.05, 0.1) is 24.7 Å². The van der Waals surface area contributed by atoms with E-state index in [4.69, 9.17) is 10.8 Å². The first-order valence-corrected chi connectivity index (χ1v) is 4.10. The van der Waals surface area contributed by atoms with Crippen LogP contribution in [0.4, 0.5) is 0 Å². The topological polar surface area (TPSA) is 64.1 Å². The van der Waals surface area contributed by atoms with Crippen molar-refractivity contribution in [3.63, 3.8) is 0 Å². The van der Waals surface area contributed by atoms with Crippen LogP contribution in [0.1, 0.15) is 24.1 Å². The molecule has 0 unspecified atom stereocenters. The number of aromatic nitrogens is 2. The zero-order valence-corrected chi connectivity index (χ0v) is 7.54. The van der Waals surface area contributed by atoms with Crippen molar-refractivity contribution in [2.24, 2.45) is 5.73 Å². The van der Waals surface area contributed by atoms with Crippen LogP contribution in [0.15, 0.2) is 0 Å². The monoisotopic (exact) mass is 169 g/mol. The van der Waals surface area contributed by atoms with Gasteiger partial charge in [0.25, 0.3) is 0 Å². The second-order valence-electron chi connectivity index (χ2n) is 2.68. The molecule has 0 spiro atoms. The highest BCUT2D eigenvalue weighted by molar-refractivity contribution is 5.15. The molecule has 1 rings (SSSR count). The molecule has 0 fully saturated rings. The van der Waals surface area contributed by atoms with E-state index in [0.29, 0.717) is 6.67 Å². The van der Waals surface area contributed by atoms with Gasteiger partial charge in [-0.2, -0.15) is 0 Å². The standard InChI is InChI=1S/C8H15N3O/c1-3-8-10-6(2)7(4-12)11(8)5-9/h12H,3-5,9H2,1-2H3. The molecule has 0 saturated carbocycles. The van der Waals surface area contributed by atoms with Crippen LogP contribution in [-0.4, -0.2) is 14.7 Å². The van der Waals surface area contributed by atoms with Crippen LogP contribution in [0.25, 0.3) is 0 Å². The number of hydrogen-bond acceptors (Lipinski definition) is 3. The summed E-state index contributed by atoms with van der Waals surface area (Å²) in [5, 5.41) is 9.02. The highest BCUT2D eigenvalue weighted by atomic mass is 16.3. The molecular formula is C8H15N3O. The fourth-order valence-corrected chi connectivity index (χ4v) is 1.35. The molecule has 12 heavy (non-hydrogen) atoms. The van der Waals surface area contributed by atoms with E-state index in [-0.39, 0.29) is 6.61 Å². The molecule has 3 N–H and O–H groups in total. The third kappa shape index (κ3) is 1.35. The first kappa shape index (κ1) is 9.22. The summed E-state index contributed by atoms with van der Waals surface area (Å²) in [5.74, 6) is 0.944. The summed E-state index contributed by atoms with van der Waals surface area (Å²) in [6.45, 7) is 4.31. The Hall–Kier alpha value is -0.870. The Morgan fingerprint density at radius 1 is 1.58 bits per heavy atom. The quantitative estimate of drug-likeness (QED) is 0.677. The van der Waals surface area contributed by atoms with Gasteiger partial charge in [-0.25, -0.2) is 4.98 Å². The van der Waals surface area contributed by atoms with Gasteiger partial charge in [-0.05, 0) is 6.92 Å². The molecule has 4 heteroatoms. The Bertz CT molecular complexity index is 268. The van der Waals surface area contributed by atoms with Crippen molar-refractivity contribution in [1.29, 1.82) is 0 Å². The number of imidazole rings is 1. The van der Waals surface area contributed by atoms with Gasteiger partial charge in [-0.1, -0.05) is 6.92 Å². The van der Waals surface area contributed by atoms with Gasteiger partial charge in [0.2, 0.25) is 0 Å². The van der Waals surface area contributed by atoms with Crippen molar-refractivity contribution in [3.8, 4) is 0 Å². The molecule has 1 aromatic rings. The second-order valence-corrected chi connectivity index (χ2v) is 2.68. The van der Waals surface area contributed by atoms with Gasteiger partial charge in [0.15, 0.2) is 0 Å². The van der Waals surface area contributed by atoms with E-state index in [1.54, 1.807) is 0 Å². The summed E-state index contributed by atoms with van der Waals surface area (Å²) < 4.78 is 1.86. The summed E-state index contributed by atoms with van der Waals surface area (Å²) in [6.07, 6.45) is 0.845. The van der Waals surface area contributed by atoms with Gasteiger partial charge in [-0.3, -0.25) is 0 Å². The fraction of sp³-hybridized carbons (Fsp3) is 0.625. The first-order chi connectivity index (χ1) is 5.74. The maximum Gasteiger partial charge on any atom is 0.110 e. The summed E-state index contributed by atoms with van der Waals surface area (Å²) in [5.41, 5.74) is 7.23. The van der Waals surface area contributed by atoms with E-state index in [2.05, 4.69) is 4.98 Å². The van der Waals surface area contributed by atoms with E-state index in [1.165, 1.54) is 0 Å². The largest absolute Gasteiger partial charge is 0.390 e. The molecule has 0 aromatic carbocycles. The number of aryl methyl sites for hydroxylation is 2.